The Morgan fingerprint density at radius 2 is 1.74 bits per heavy atom. The molecule has 23 heavy (non-hydrogen) atoms. The van der Waals surface area contributed by atoms with Crippen molar-refractivity contribution in [2.45, 2.75) is 50.7 Å². The summed E-state index contributed by atoms with van der Waals surface area (Å²) in [5, 5.41) is 0. The maximum atomic E-state index is 6.34. The zero-order valence-corrected chi connectivity index (χ0v) is 13.5. The summed E-state index contributed by atoms with van der Waals surface area (Å²) in [4.78, 5) is 0. The van der Waals surface area contributed by atoms with Gasteiger partial charge in [-0.25, -0.2) is 0 Å². The molecule has 1 saturated carbocycles. The predicted octanol–water partition coefficient (Wildman–Crippen LogP) is 4.86. The fourth-order valence-electron chi connectivity index (χ4n) is 3.66. The zero-order valence-electron chi connectivity index (χ0n) is 13.5. The average Bonchev–Trinajstić information content (AvgIpc) is 3.24. The lowest BCUT2D eigenvalue weighted by atomic mass is 9.93. The molecular weight excluding hydrogens is 284 g/mol. The van der Waals surface area contributed by atoms with Gasteiger partial charge < -0.3 is 9.47 Å². The number of rotatable bonds is 6. The van der Waals surface area contributed by atoms with E-state index in [-0.39, 0.29) is 0 Å². The van der Waals surface area contributed by atoms with Crippen LogP contribution in [0.1, 0.15) is 48.3 Å². The third-order valence-corrected chi connectivity index (χ3v) is 5.00. The smallest absolute Gasteiger partial charge is 0.126 e. The Balaban J connectivity index is 1.60. The molecule has 120 valence electrons. The van der Waals surface area contributed by atoms with Crippen LogP contribution in [0.5, 0.6) is 5.75 Å². The van der Waals surface area contributed by atoms with Crippen molar-refractivity contribution in [2.75, 3.05) is 6.61 Å². The van der Waals surface area contributed by atoms with E-state index in [1.807, 2.05) is 6.07 Å². The molecule has 2 aliphatic rings. The van der Waals surface area contributed by atoms with E-state index in [1.54, 1.807) is 0 Å². The molecule has 1 saturated heterocycles. The molecule has 0 N–H and O–H groups in total. The van der Waals surface area contributed by atoms with Crippen molar-refractivity contribution < 1.29 is 9.47 Å². The minimum atomic E-state index is 0.396. The first-order valence-corrected chi connectivity index (χ1v) is 8.80. The molecule has 0 amide bonds. The van der Waals surface area contributed by atoms with Gasteiger partial charge in [-0.1, -0.05) is 61.4 Å². The topological polar surface area (TPSA) is 21.8 Å². The van der Waals surface area contributed by atoms with Crippen LogP contribution < -0.4 is 4.74 Å². The van der Waals surface area contributed by atoms with Gasteiger partial charge in [0.25, 0.3) is 0 Å². The van der Waals surface area contributed by atoms with Gasteiger partial charge in [0.2, 0.25) is 0 Å². The lowest BCUT2D eigenvalue weighted by molar-refractivity contribution is 0.296. The molecule has 1 aliphatic heterocycles. The van der Waals surface area contributed by atoms with Gasteiger partial charge in [-0.2, -0.15) is 0 Å². The van der Waals surface area contributed by atoms with Gasteiger partial charge in [0, 0.05) is 6.42 Å². The molecule has 2 heteroatoms. The molecule has 2 aromatic carbocycles. The summed E-state index contributed by atoms with van der Waals surface area (Å²) >= 11 is 0. The third-order valence-electron chi connectivity index (χ3n) is 5.00. The molecule has 1 aliphatic carbocycles. The van der Waals surface area contributed by atoms with Crippen LogP contribution in [0, 0.1) is 0 Å². The molecule has 4 rings (SSSR count). The van der Waals surface area contributed by atoms with Crippen molar-refractivity contribution >= 4 is 0 Å². The second-order valence-electron chi connectivity index (χ2n) is 6.75. The number of benzene rings is 2. The summed E-state index contributed by atoms with van der Waals surface area (Å²) in [6, 6.07) is 17.1. The molecule has 1 heterocycles. The standard InChI is InChI=1S/C21H24O2/c1-2-7-16(8-3-1)14-23-21-18(13-19-15-22-19)11-6-12-20(21)17-9-4-5-10-17/h1-3,6-8,11-12,17,19H,4-5,9-10,13-15H2. The summed E-state index contributed by atoms with van der Waals surface area (Å²) in [6.07, 6.45) is 6.66. The Morgan fingerprint density at radius 1 is 0.957 bits per heavy atom. The summed E-state index contributed by atoms with van der Waals surface area (Å²) in [6.45, 7) is 1.54. The number of para-hydroxylation sites is 1. The molecule has 0 aromatic heterocycles. The van der Waals surface area contributed by atoms with E-state index >= 15 is 0 Å². The van der Waals surface area contributed by atoms with Gasteiger partial charge in [-0.05, 0) is 35.4 Å². The number of ether oxygens (including phenoxy) is 2. The summed E-state index contributed by atoms with van der Waals surface area (Å²) < 4.78 is 11.8. The number of hydrogen-bond donors (Lipinski definition) is 0. The molecule has 2 fully saturated rings. The van der Waals surface area contributed by atoms with Gasteiger partial charge in [0.1, 0.15) is 12.4 Å². The van der Waals surface area contributed by atoms with E-state index in [9.17, 15) is 0 Å². The van der Waals surface area contributed by atoms with Gasteiger partial charge >= 0.3 is 0 Å². The summed E-state index contributed by atoms with van der Waals surface area (Å²) in [7, 11) is 0. The van der Waals surface area contributed by atoms with Crippen molar-refractivity contribution in [1.29, 1.82) is 0 Å². The van der Waals surface area contributed by atoms with E-state index in [2.05, 4.69) is 42.5 Å². The number of hydrogen-bond acceptors (Lipinski definition) is 2. The maximum absolute atomic E-state index is 6.34. The van der Waals surface area contributed by atoms with Crippen LogP contribution in [0.4, 0.5) is 0 Å². The van der Waals surface area contributed by atoms with Crippen LogP contribution in [0.25, 0.3) is 0 Å². The van der Waals surface area contributed by atoms with Crippen LogP contribution in [0.15, 0.2) is 48.5 Å². The second kappa shape index (κ2) is 6.76. The first kappa shape index (κ1) is 14.8. The van der Waals surface area contributed by atoms with Crippen molar-refractivity contribution in [3.8, 4) is 5.75 Å². The van der Waals surface area contributed by atoms with Crippen molar-refractivity contribution in [2.24, 2.45) is 0 Å². The normalized spacial score (nSPS) is 20.6. The molecule has 0 radical (unpaired) electrons. The highest BCUT2D eigenvalue weighted by Crippen LogP contribution is 2.41. The van der Waals surface area contributed by atoms with E-state index in [0.717, 1.165) is 18.8 Å². The quantitative estimate of drug-likeness (QED) is 0.711. The van der Waals surface area contributed by atoms with E-state index in [0.29, 0.717) is 18.6 Å². The van der Waals surface area contributed by atoms with Crippen molar-refractivity contribution in [3.05, 3.63) is 65.2 Å². The van der Waals surface area contributed by atoms with Crippen molar-refractivity contribution in [3.63, 3.8) is 0 Å². The Kier molecular flexibility index (Phi) is 4.34. The van der Waals surface area contributed by atoms with E-state index in [4.69, 9.17) is 9.47 Å². The maximum Gasteiger partial charge on any atom is 0.126 e. The van der Waals surface area contributed by atoms with Crippen molar-refractivity contribution in [1.82, 2.24) is 0 Å². The first-order chi connectivity index (χ1) is 11.4. The highest BCUT2D eigenvalue weighted by atomic mass is 16.6. The third kappa shape index (κ3) is 3.59. The molecular formula is C21H24O2. The monoisotopic (exact) mass is 308 g/mol. The Morgan fingerprint density at radius 3 is 2.48 bits per heavy atom. The molecule has 0 bridgehead atoms. The van der Waals surface area contributed by atoms with Crippen LogP contribution >= 0.6 is 0 Å². The highest BCUT2D eigenvalue weighted by Gasteiger charge is 2.27. The lowest BCUT2D eigenvalue weighted by Gasteiger charge is -2.19. The van der Waals surface area contributed by atoms with Gasteiger partial charge in [0.05, 0.1) is 12.7 Å². The molecule has 1 atom stereocenters. The summed E-state index contributed by atoms with van der Waals surface area (Å²) in [5.74, 6) is 1.79. The molecule has 2 nitrogen and oxygen atoms in total. The minimum absolute atomic E-state index is 0.396. The van der Waals surface area contributed by atoms with Gasteiger partial charge in [0.15, 0.2) is 0 Å². The lowest BCUT2D eigenvalue weighted by Crippen LogP contribution is -2.06. The average molecular weight is 308 g/mol. The number of epoxide rings is 1. The minimum Gasteiger partial charge on any atom is -0.488 e. The van der Waals surface area contributed by atoms with Gasteiger partial charge in [-0.3, -0.25) is 0 Å². The second-order valence-corrected chi connectivity index (χ2v) is 6.75. The molecule has 2 aromatic rings. The largest absolute Gasteiger partial charge is 0.488 e. The Bertz CT molecular complexity index is 640. The molecule has 1 unspecified atom stereocenters. The van der Waals surface area contributed by atoms with Crippen LogP contribution in [-0.2, 0) is 17.8 Å². The van der Waals surface area contributed by atoms with Gasteiger partial charge in [-0.15, -0.1) is 0 Å². The fraction of sp³-hybridized carbons (Fsp3) is 0.429. The SMILES string of the molecule is c1ccc(COc2c(CC3CO3)cccc2C2CCCC2)cc1. The van der Waals surface area contributed by atoms with E-state index < -0.39 is 0 Å². The van der Waals surface area contributed by atoms with E-state index in [1.165, 1.54) is 42.4 Å². The Hall–Kier alpha value is -1.80. The highest BCUT2D eigenvalue weighted by molar-refractivity contribution is 5.44. The first-order valence-electron chi connectivity index (χ1n) is 8.80. The van der Waals surface area contributed by atoms with Crippen LogP contribution in [0.3, 0.4) is 0 Å². The van der Waals surface area contributed by atoms with Crippen LogP contribution in [-0.4, -0.2) is 12.7 Å². The predicted molar refractivity (Wildman–Crippen MR) is 91.9 cm³/mol. The summed E-state index contributed by atoms with van der Waals surface area (Å²) in [5.41, 5.74) is 3.95. The Labute approximate surface area is 138 Å². The molecule has 0 spiro atoms. The zero-order chi connectivity index (χ0) is 15.5. The fourth-order valence-corrected chi connectivity index (χ4v) is 3.66. The van der Waals surface area contributed by atoms with Crippen LogP contribution in [0.2, 0.25) is 0 Å².